The van der Waals surface area contributed by atoms with Gasteiger partial charge in [0.25, 0.3) is 5.91 Å². The summed E-state index contributed by atoms with van der Waals surface area (Å²) in [6.45, 7) is 2.10. The number of benzene rings is 2. The summed E-state index contributed by atoms with van der Waals surface area (Å²) in [5.74, 6) is 1.71. The number of hydrogen-bond donors (Lipinski definition) is 1. The molecule has 0 fully saturated rings. The highest BCUT2D eigenvalue weighted by atomic mass is 16.5. The van der Waals surface area contributed by atoms with Crippen molar-refractivity contribution in [3.8, 4) is 17.2 Å². The molecular formula is C19H20N2O5. The van der Waals surface area contributed by atoms with Crippen molar-refractivity contribution in [2.24, 2.45) is 0 Å². The molecule has 136 valence electrons. The van der Waals surface area contributed by atoms with E-state index in [1.165, 1.54) is 6.92 Å². The lowest BCUT2D eigenvalue weighted by Gasteiger charge is -2.29. The summed E-state index contributed by atoms with van der Waals surface area (Å²) in [5, 5.41) is 2.71. The van der Waals surface area contributed by atoms with Gasteiger partial charge in [0, 0.05) is 12.6 Å². The largest absolute Gasteiger partial charge is 0.497 e. The van der Waals surface area contributed by atoms with Crippen molar-refractivity contribution in [2.75, 3.05) is 37.1 Å². The second-order valence-corrected chi connectivity index (χ2v) is 5.72. The highest BCUT2D eigenvalue weighted by Gasteiger charge is 2.25. The molecule has 0 saturated heterocycles. The summed E-state index contributed by atoms with van der Waals surface area (Å²) in [5.41, 5.74) is 1.22. The van der Waals surface area contributed by atoms with E-state index in [4.69, 9.17) is 14.2 Å². The van der Waals surface area contributed by atoms with Crippen molar-refractivity contribution in [1.82, 2.24) is 0 Å². The van der Waals surface area contributed by atoms with E-state index in [1.807, 2.05) is 24.3 Å². The summed E-state index contributed by atoms with van der Waals surface area (Å²) in [4.78, 5) is 25.1. The summed E-state index contributed by atoms with van der Waals surface area (Å²) in [7, 11) is 1.60. The monoisotopic (exact) mass is 356 g/mol. The van der Waals surface area contributed by atoms with Gasteiger partial charge in [-0.3, -0.25) is 9.59 Å². The number of nitrogens with zero attached hydrogens (tertiary/aromatic N) is 1. The minimum Gasteiger partial charge on any atom is -0.497 e. The normalized spacial score (nSPS) is 12.8. The van der Waals surface area contributed by atoms with E-state index in [-0.39, 0.29) is 18.4 Å². The highest BCUT2D eigenvalue weighted by Crippen LogP contribution is 2.34. The van der Waals surface area contributed by atoms with Gasteiger partial charge in [-0.15, -0.1) is 0 Å². The van der Waals surface area contributed by atoms with Gasteiger partial charge in [-0.25, -0.2) is 0 Å². The van der Waals surface area contributed by atoms with Crippen LogP contribution in [-0.2, 0) is 9.59 Å². The Hall–Kier alpha value is -3.22. The Labute approximate surface area is 151 Å². The molecular weight excluding hydrogens is 336 g/mol. The van der Waals surface area contributed by atoms with Gasteiger partial charge in [-0.1, -0.05) is 0 Å². The van der Waals surface area contributed by atoms with Gasteiger partial charge >= 0.3 is 0 Å². The third-order valence-electron chi connectivity index (χ3n) is 3.87. The lowest BCUT2D eigenvalue weighted by molar-refractivity contribution is -0.121. The van der Waals surface area contributed by atoms with E-state index in [1.54, 1.807) is 30.2 Å². The molecule has 0 spiro atoms. The number of amides is 2. The molecule has 0 bridgehead atoms. The van der Waals surface area contributed by atoms with Crippen LogP contribution in [0.3, 0.4) is 0 Å². The number of ether oxygens (including phenoxy) is 3. The van der Waals surface area contributed by atoms with E-state index in [9.17, 15) is 9.59 Å². The molecule has 0 unspecified atom stereocenters. The first-order valence-corrected chi connectivity index (χ1v) is 8.18. The van der Waals surface area contributed by atoms with Crippen molar-refractivity contribution in [2.45, 2.75) is 6.92 Å². The SMILES string of the molecule is COc1ccc(OCCN2C(=O)COc3ccc(NC(C)=O)cc32)cc1. The van der Waals surface area contributed by atoms with Crippen LogP contribution in [0.1, 0.15) is 6.92 Å². The number of hydrogen-bond acceptors (Lipinski definition) is 5. The van der Waals surface area contributed by atoms with Gasteiger partial charge in [0.1, 0.15) is 23.9 Å². The summed E-state index contributed by atoms with van der Waals surface area (Å²) < 4.78 is 16.3. The molecule has 7 nitrogen and oxygen atoms in total. The van der Waals surface area contributed by atoms with Gasteiger partial charge < -0.3 is 24.4 Å². The van der Waals surface area contributed by atoms with Crippen molar-refractivity contribution in [1.29, 1.82) is 0 Å². The molecule has 2 amide bonds. The number of rotatable bonds is 6. The Morgan fingerprint density at radius 2 is 1.92 bits per heavy atom. The Morgan fingerprint density at radius 3 is 2.62 bits per heavy atom. The van der Waals surface area contributed by atoms with Crippen molar-refractivity contribution < 1.29 is 23.8 Å². The molecule has 26 heavy (non-hydrogen) atoms. The van der Waals surface area contributed by atoms with E-state index in [2.05, 4.69) is 5.32 Å². The van der Waals surface area contributed by atoms with Crippen LogP contribution in [0.25, 0.3) is 0 Å². The Bertz CT molecular complexity index is 804. The van der Waals surface area contributed by atoms with E-state index in [0.29, 0.717) is 36.0 Å². The molecule has 0 aliphatic carbocycles. The Balaban J connectivity index is 1.69. The molecule has 1 aliphatic rings. The lowest BCUT2D eigenvalue weighted by atomic mass is 10.2. The highest BCUT2D eigenvalue weighted by molar-refractivity contribution is 5.99. The van der Waals surface area contributed by atoms with Gasteiger partial charge in [0.2, 0.25) is 5.91 Å². The van der Waals surface area contributed by atoms with Crippen LogP contribution in [0.15, 0.2) is 42.5 Å². The molecule has 2 aromatic carbocycles. The minimum absolute atomic E-state index is 0.0188. The molecule has 0 saturated carbocycles. The van der Waals surface area contributed by atoms with Gasteiger partial charge in [-0.2, -0.15) is 0 Å². The first kappa shape index (κ1) is 17.6. The zero-order valence-electron chi connectivity index (χ0n) is 14.7. The van der Waals surface area contributed by atoms with Crippen LogP contribution in [0.5, 0.6) is 17.2 Å². The number of carbonyl (C=O) groups is 2. The Kier molecular flexibility index (Phi) is 5.26. The quantitative estimate of drug-likeness (QED) is 0.860. The summed E-state index contributed by atoms with van der Waals surface area (Å²) in [6.07, 6.45) is 0. The van der Waals surface area contributed by atoms with E-state index >= 15 is 0 Å². The maximum Gasteiger partial charge on any atom is 0.265 e. The number of nitrogens with one attached hydrogen (secondary N) is 1. The van der Waals surface area contributed by atoms with Crippen LogP contribution in [-0.4, -0.2) is 38.7 Å². The average molecular weight is 356 g/mol. The maximum atomic E-state index is 12.3. The summed E-state index contributed by atoms with van der Waals surface area (Å²) in [6, 6.07) is 12.4. The molecule has 0 atom stereocenters. The molecule has 1 heterocycles. The minimum atomic E-state index is -0.178. The number of carbonyl (C=O) groups excluding carboxylic acids is 2. The zero-order valence-corrected chi connectivity index (χ0v) is 14.7. The molecule has 1 aliphatic heterocycles. The maximum absolute atomic E-state index is 12.3. The molecule has 7 heteroatoms. The van der Waals surface area contributed by atoms with Crippen LogP contribution in [0, 0.1) is 0 Å². The molecule has 3 rings (SSSR count). The van der Waals surface area contributed by atoms with E-state index in [0.717, 1.165) is 5.75 Å². The van der Waals surface area contributed by atoms with Gasteiger partial charge in [-0.05, 0) is 42.5 Å². The zero-order chi connectivity index (χ0) is 18.5. The lowest BCUT2D eigenvalue weighted by Crippen LogP contribution is -2.41. The van der Waals surface area contributed by atoms with Crippen molar-refractivity contribution in [3.05, 3.63) is 42.5 Å². The predicted molar refractivity (Wildman–Crippen MR) is 97.1 cm³/mol. The van der Waals surface area contributed by atoms with Crippen LogP contribution in [0.2, 0.25) is 0 Å². The molecule has 2 aromatic rings. The standard InChI is InChI=1S/C19H20N2O5/c1-13(22)20-14-3-8-18-17(11-14)21(19(23)12-26-18)9-10-25-16-6-4-15(24-2)5-7-16/h3-8,11H,9-10,12H2,1-2H3,(H,20,22). The fourth-order valence-electron chi connectivity index (χ4n) is 2.66. The fraction of sp³-hybridized carbons (Fsp3) is 0.263. The molecule has 0 radical (unpaired) electrons. The predicted octanol–water partition coefficient (Wildman–Crippen LogP) is 2.46. The van der Waals surface area contributed by atoms with Gasteiger partial charge in [0.15, 0.2) is 6.61 Å². The second-order valence-electron chi connectivity index (χ2n) is 5.72. The van der Waals surface area contributed by atoms with Crippen LogP contribution in [0.4, 0.5) is 11.4 Å². The smallest absolute Gasteiger partial charge is 0.265 e. The van der Waals surface area contributed by atoms with Crippen LogP contribution >= 0.6 is 0 Å². The molecule has 0 aromatic heterocycles. The number of methoxy groups -OCH3 is 1. The molecule has 1 N–H and O–H groups in total. The first-order chi connectivity index (χ1) is 12.6. The second kappa shape index (κ2) is 7.77. The summed E-state index contributed by atoms with van der Waals surface area (Å²) >= 11 is 0. The van der Waals surface area contributed by atoms with Crippen molar-refractivity contribution in [3.63, 3.8) is 0 Å². The van der Waals surface area contributed by atoms with Crippen LogP contribution < -0.4 is 24.4 Å². The van der Waals surface area contributed by atoms with Crippen molar-refractivity contribution >= 4 is 23.2 Å². The fourth-order valence-corrected chi connectivity index (χ4v) is 2.66. The first-order valence-electron chi connectivity index (χ1n) is 8.18. The topological polar surface area (TPSA) is 77.1 Å². The number of fused-ring (bicyclic) bond motifs is 1. The number of anilines is 2. The average Bonchev–Trinajstić information content (AvgIpc) is 2.63. The third kappa shape index (κ3) is 4.05. The third-order valence-corrected chi connectivity index (χ3v) is 3.87. The van der Waals surface area contributed by atoms with E-state index < -0.39 is 0 Å². The Morgan fingerprint density at radius 1 is 1.19 bits per heavy atom. The van der Waals surface area contributed by atoms with Gasteiger partial charge in [0.05, 0.1) is 19.3 Å².